The van der Waals surface area contributed by atoms with Crippen molar-refractivity contribution < 1.29 is 0 Å². The average Bonchev–Trinajstić information content (AvgIpc) is 2.69. The zero-order valence-corrected chi connectivity index (χ0v) is 12.8. The maximum Gasteiger partial charge on any atom is 0.0901 e. The molecule has 0 amide bonds. The third-order valence-corrected chi connectivity index (χ3v) is 4.47. The molecular weight excluding hydrogens is 260 g/mol. The smallest absolute Gasteiger partial charge is 0.0901 e. The van der Waals surface area contributed by atoms with Crippen LogP contribution in [-0.2, 0) is 0 Å². The summed E-state index contributed by atoms with van der Waals surface area (Å²) in [4.78, 5) is 7.18. The summed E-state index contributed by atoms with van der Waals surface area (Å²) in [5.41, 5.74) is 2.30. The quantitative estimate of drug-likeness (QED) is 0.824. The van der Waals surface area contributed by atoms with Gasteiger partial charge in [0.25, 0.3) is 0 Å². The van der Waals surface area contributed by atoms with Crippen LogP contribution >= 0.6 is 23.1 Å². The summed E-state index contributed by atoms with van der Waals surface area (Å²) in [6.45, 7) is 6.35. The Morgan fingerprint density at radius 2 is 1.89 bits per heavy atom. The molecule has 4 heteroatoms. The Bertz CT molecular complexity index is 517. The van der Waals surface area contributed by atoms with E-state index in [2.05, 4.69) is 61.6 Å². The maximum absolute atomic E-state index is 4.59. The van der Waals surface area contributed by atoms with Crippen LogP contribution in [-0.4, -0.2) is 11.2 Å². The third kappa shape index (κ3) is 3.06. The van der Waals surface area contributed by atoms with E-state index in [0.717, 1.165) is 16.4 Å². The second-order valence-corrected chi connectivity index (χ2v) is 6.56. The van der Waals surface area contributed by atoms with Gasteiger partial charge in [-0.05, 0) is 51.3 Å². The molecule has 1 aromatic heterocycles. The van der Waals surface area contributed by atoms with Crippen LogP contribution < -0.4 is 5.32 Å². The fraction of sp³-hybridized carbons (Fsp3) is 0.357. The van der Waals surface area contributed by atoms with Crippen LogP contribution in [0.5, 0.6) is 0 Å². The van der Waals surface area contributed by atoms with Gasteiger partial charge in [0.2, 0.25) is 0 Å². The Hall–Kier alpha value is -1.00. The minimum Gasteiger partial charge on any atom is -0.377 e. The van der Waals surface area contributed by atoms with E-state index >= 15 is 0 Å². The number of rotatable bonds is 4. The van der Waals surface area contributed by atoms with Crippen molar-refractivity contribution in [3.8, 4) is 0 Å². The molecular formula is C14H18N2S2. The number of aromatic nitrogens is 1. The summed E-state index contributed by atoms with van der Waals surface area (Å²) < 4.78 is 0. The van der Waals surface area contributed by atoms with Gasteiger partial charge in [-0.3, -0.25) is 0 Å². The summed E-state index contributed by atoms with van der Waals surface area (Å²) in [5.74, 6) is 0. The largest absolute Gasteiger partial charge is 0.377 e. The highest BCUT2D eigenvalue weighted by Crippen LogP contribution is 2.26. The van der Waals surface area contributed by atoms with Crippen molar-refractivity contribution in [1.29, 1.82) is 0 Å². The van der Waals surface area contributed by atoms with Crippen molar-refractivity contribution in [3.63, 3.8) is 0 Å². The van der Waals surface area contributed by atoms with Crippen LogP contribution in [0, 0.1) is 13.8 Å². The number of aryl methyl sites for hydroxylation is 2. The topological polar surface area (TPSA) is 24.9 Å². The normalized spacial score (nSPS) is 12.4. The monoisotopic (exact) mass is 278 g/mol. The van der Waals surface area contributed by atoms with Crippen molar-refractivity contribution in [2.75, 3.05) is 11.6 Å². The highest BCUT2D eigenvalue weighted by Gasteiger charge is 2.12. The minimum atomic E-state index is 0.245. The number of hydrogen-bond donors (Lipinski definition) is 1. The van der Waals surface area contributed by atoms with Crippen molar-refractivity contribution in [1.82, 2.24) is 4.98 Å². The maximum atomic E-state index is 4.59. The van der Waals surface area contributed by atoms with Crippen molar-refractivity contribution in [3.05, 3.63) is 39.8 Å². The van der Waals surface area contributed by atoms with Crippen molar-refractivity contribution >= 4 is 28.8 Å². The number of benzene rings is 1. The molecule has 0 spiro atoms. The molecule has 96 valence electrons. The number of anilines is 1. The number of thioether (sulfide) groups is 1. The lowest BCUT2D eigenvalue weighted by molar-refractivity contribution is 0.837. The molecule has 1 aromatic carbocycles. The Kier molecular flexibility index (Phi) is 4.30. The Morgan fingerprint density at radius 1 is 1.22 bits per heavy atom. The Morgan fingerprint density at radius 3 is 2.39 bits per heavy atom. The number of nitrogens with zero attached hydrogens (tertiary/aromatic N) is 1. The molecule has 0 radical (unpaired) electrons. The summed E-state index contributed by atoms with van der Waals surface area (Å²) >= 11 is 3.52. The van der Waals surface area contributed by atoms with Gasteiger partial charge < -0.3 is 5.32 Å². The van der Waals surface area contributed by atoms with E-state index in [9.17, 15) is 0 Å². The van der Waals surface area contributed by atoms with Crippen LogP contribution in [0.25, 0.3) is 0 Å². The summed E-state index contributed by atoms with van der Waals surface area (Å²) in [6.07, 6.45) is 2.09. The highest BCUT2D eigenvalue weighted by molar-refractivity contribution is 7.98. The first-order valence-electron chi connectivity index (χ1n) is 5.94. The number of thiazole rings is 1. The first-order chi connectivity index (χ1) is 8.60. The van der Waals surface area contributed by atoms with Gasteiger partial charge >= 0.3 is 0 Å². The van der Waals surface area contributed by atoms with Gasteiger partial charge in [0.05, 0.1) is 16.7 Å². The fourth-order valence-electron chi connectivity index (χ4n) is 1.95. The lowest BCUT2D eigenvalue weighted by Gasteiger charge is -2.14. The molecule has 0 bridgehead atoms. The van der Waals surface area contributed by atoms with Gasteiger partial charge in [0.1, 0.15) is 0 Å². The number of hydrogen-bond acceptors (Lipinski definition) is 4. The minimum absolute atomic E-state index is 0.245. The van der Waals surface area contributed by atoms with Crippen LogP contribution in [0.3, 0.4) is 0 Å². The molecule has 0 aliphatic rings. The molecule has 0 saturated heterocycles. The molecule has 0 fully saturated rings. The molecule has 0 saturated carbocycles. The molecule has 0 aliphatic heterocycles. The average molecular weight is 278 g/mol. The second-order valence-electron chi connectivity index (χ2n) is 4.27. The predicted molar refractivity (Wildman–Crippen MR) is 81.8 cm³/mol. The van der Waals surface area contributed by atoms with E-state index in [4.69, 9.17) is 0 Å². The fourth-order valence-corrected chi connectivity index (χ4v) is 3.27. The first-order valence-corrected chi connectivity index (χ1v) is 7.99. The molecule has 18 heavy (non-hydrogen) atoms. The van der Waals surface area contributed by atoms with Gasteiger partial charge in [-0.1, -0.05) is 0 Å². The second kappa shape index (κ2) is 5.76. The third-order valence-electron chi connectivity index (χ3n) is 2.82. The van der Waals surface area contributed by atoms with Crippen molar-refractivity contribution in [2.45, 2.75) is 31.7 Å². The van der Waals surface area contributed by atoms with Crippen LogP contribution in [0.15, 0.2) is 29.2 Å². The predicted octanol–water partition coefficient (Wildman–Crippen LogP) is 4.65. The van der Waals surface area contributed by atoms with Gasteiger partial charge in [-0.2, -0.15) is 0 Å². The van der Waals surface area contributed by atoms with Gasteiger partial charge in [0, 0.05) is 15.5 Å². The summed E-state index contributed by atoms with van der Waals surface area (Å²) in [7, 11) is 0. The molecule has 2 rings (SSSR count). The first kappa shape index (κ1) is 13.4. The zero-order valence-electron chi connectivity index (χ0n) is 11.2. The van der Waals surface area contributed by atoms with E-state index in [1.807, 2.05) is 0 Å². The summed E-state index contributed by atoms with van der Waals surface area (Å²) in [5, 5.41) is 4.63. The summed E-state index contributed by atoms with van der Waals surface area (Å²) in [6, 6.07) is 8.76. The van der Waals surface area contributed by atoms with Crippen LogP contribution in [0.1, 0.15) is 28.5 Å². The SMILES string of the molecule is CSc1ccc(NC(C)c2nc(C)sc2C)cc1. The molecule has 0 aliphatic carbocycles. The molecule has 1 N–H and O–H groups in total. The molecule has 1 heterocycles. The Balaban J connectivity index is 2.10. The van der Waals surface area contributed by atoms with E-state index in [-0.39, 0.29) is 6.04 Å². The lowest BCUT2D eigenvalue weighted by Crippen LogP contribution is -2.08. The van der Waals surface area contributed by atoms with Crippen molar-refractivity contribution in [2.24, 2.45) is 0 Å². The zero-order chi connectivity index (χ0) is 13.1. The van der Waals surface area contributed by atoms with E-state index in [0.29, 0.717) is 0 Å². The van der Waals surface area contributed by atoms with E-state index < -0.39 is 0 Å². The van der Waals surface area contributed by atoms with Crippen LogP contribution in [0.4, 0.5) is 5.69 Å². The standard InChI is InChI=1S/C14H18N2S2/c1-9(14-10(2)18-11(3)16-14)15-12-5-7-13(17-4)8-6-12/h5-9,15H,1-4H3. The van der Waals surface area contributed by atoms with Gasteiger partial charge in [-0.25, -0.2) is 4.98 Å². The van der Waals surface area contributed by atoms with E-state index in [1.54, 1.807) is 23.1 Å². The molecule has 1 unspecified atom stereocenters. The lowest BCUT2D eigenvalue weighted by atomic mass is 10.2. The molecule has 2 nitrogen and oxygen atoms in total. The Labute approximate surface area is 117 Å². The van der Waals surface area contributed by atoms with Gasteiger partial charge in [0.15, 0.2) is 0 Å². The van der Waals surface area contributed by atoms with Gasteiger partial charge in [-0.15, -0.1) is 23.1 Å². The number of nitrogens with one attached hydrogen (secondary N) is 1. The molecule has 2 aromatic rings. The molecule has 1 atom stereocenters. The van der Waals surface area contributed by atoms with E-state index in [1.165, 1.54) is 9.77 Å². The highest BCUT2D eigenvalue weighted by atomic mass is 32.2. The van der Waals surface area contributed by atoms with Crippen LogP contribution in [0.2, 0.25) is 0 Å².